The zero-order valence-electron chi connectivity index (χ0n) is 23.5. The van der Waals surface area contributed by atoms with Crippen molar-refractivity contribution < 1.29 is 23.8 Å². The minimum Gasteiger partial charge on any atom is -0.478 e. The smallest absolute Gasteiger partial charge is 0.335 e. The highest BCUT2D eigenvalue weighted by Gasteiger charge is 2.24. The van der Waals surface area contributed by atoms with E-state index in [2.05, 4.69) is 4.98 Å². The Labute approximate surface area is 251 Å². The number of thiazole rings is 1. The van der Waals surface area contributed by atoms with E-state index in [1.54, 1.807) is 35.6 Å². The van der Waals surface area contributed by atoms with Crippen LogP contribution >= 0.6 is 11.3 Å². The van der Waals surface area contributed by atoms with Gasteiger partial charge in [0.2, 0.25) is 5.88 Å². The second kappa shape index (κ2) is 11.3. The molecule has 2 aromatic heterocycles. The molecule has 1 N–H and O–H groups in total. The Balaban J connectivity index is 1.12. The Morgan fingerprint density at radius 2 is 2.00 bits per heavy atom. The summed E-state index contributed by atoms with van der Waals surface area (Å²) in [5.41, 5.74) is 4.45. The molecule has 2 aliphatic heterocycles. The first-order valence-corrected chi connectivity index (χ1v) is 15.1. The molecule has 0 amide bonds. The molecule has 10 heteroatoms. The second-order valence-corrected chi connectivity index (χ2v) is 12.1. The maximum atomic E-state index is 15.7. The number of nitrogens with zero attached hydrogens (tertiary/aromatic N) is 4. The van der Waals surface area contributed by atoms with Crippen molar-refractivity contribution in [2.45, 2.75) is 45.4 Å². The number of benzene rings is 3. The van der Waals surface area contributed by atoms with E-state index in [-0.39, 0.29) is 23.4 Å². The van der Waals surface area contributed by atoms with Crippen LogP contribution in [0.5, 0.6) is 0 Å². The molecular weight excluding hydrogens is 567 g/mol. The van der Waals surface area contributed by atoms with Crippen molar-refractivity contribution in [2.24, 2.45) is 10.9 Å². The Hall–Kier alpha value is -4.41. The van der Waals surface area contributed by atoms with Gasteiger partial charge in [0.25, 0.3) is 0 Å². The fourth-order valence-corrected chi connectivity index (χ4v) is 6.41. The molecule has 218 valence electrons. The van der Waals surface area contributed by atoms with E-state index in [0.717, 1.165) is 38.5 Å². The predicted octanol–water partition coefficient (Wildman–Crippen LogP) is 6.75. The second-order valence-electron chi connectivity index (χ2n) is 11.0. The highest BCUT2D eigenvalue weighted by molar-refractivity contribution is 7.18. The highest BCUT2D eigenvalue weighted by atomic mass is 32.1. The quantitative estimate of drug-likeness (QED) is 0.202. The van der Waals surface area contributed by atoms with Gasteiger partial charge in [-0.1, -0.05) is 25.1 Å². The van der Waals surface area contributed by atoms with Gasteiger partial charge < -0.3 is 19.1 Å². The Kier molecular flexibility index (Phi) is 7.24. The fourth-order valence-electron chi connectivity index (χ4n) is 5.53. The summed E-state index contributed by atoms with van der Waals surface area (Å²) in [7, 11) is 0. The number of allylic oxidation sites excluding steroid dienone is 1. The molecule has 2 aliphatic rings. The number of aromatic nitrogens is 3. The largest absolute Gasteiger partial charge is 0.478 e. The summed E-state index contributed by atoms with van der Waals surface area (Å²) in [4.78, 5) is 25.7. The Morgan fingerprint density at radius 3 is 2.77 bits per heavy atom. The molecule has 5 aromatic rings. The van der Waals surface area contributed by atoms with Crippen LogP contribution in [0.3, 0.4) is 0 Å². The van der Waals surface area contributed by atoms with Gasteiger partial charge >= 0.3 is 5.97 Å². The molecular formula is C33H29FN4O4S. The number of carboxylic acid groups (broad SMARTS) is 1. The molecule has 0 bridgehead atoms. The van der Waals surface area contributed by atoms with Crippen molar-refractivity contribution in [2.75, 3.05) is 6.61 Å². The molecule has 1 unspecified atom stereocenters. The molecule has 1 saturated heterocycles. The van der Waals surface area contributed by atoms with Crippen molar-refractivity contribution in [3.63, 3.8) is 0 Å². The maximum absolute atomic E-state index is 15.7. The predicted molar refractivity (Wildman–Crippen MR) is 163 cm³/mol. The molecule has 4 heterocycles. The average molecular weight is 597 g/mol. The third kappa shape index (κ3) is 5.55. The van der Waals surface area contributed by atoms with Crippen molar-refractivity contribution >= 4 is 44.3 Å². The molecule has 0 saturated carbocycles. The van der Waals surface area contributed by atoms with Gasteiger partial charge in [0.05, 0.1) is 45.2 Å². The number of hydrogen-bond acceptors (Lipinski definition) is 7. The van der Waals surface area contributed by atoms with Crippen LogP contribution in [0.25, 0.3) is 21.3 Å². The topological polar surface area (TPSA) is 98.8 Å². The lowest BCUT2D eigenvalue weighted by atomic mass is 9.92. The standard InChI is InChI=1S/C33H29FN4O4S/c1-19-6-11-30(42-18-31-36-26-4-2-3-5-28(26)43-31)37-32(19)23-9-7-20(14-24(23)34)15-29-35-25-10-8-21(33(39)40)16-27(25)38(29)17-22-12-13-41-22/h2-5,7-11,14,16,19,22H,6,12-13,15,17-18H2,1H3,(H,39,40)/t19?,22-/m0/s1. The van der Waals surface area contributed by atoms with Gasteiger partial charge in [-0.25, -0.2) is 24.1 Å². The molecule has 8 nitrogen and oxygen atoms in total. The number of carboxylic acids is 1. The van der Waals surface area contributed by atoms with Crippen molar-refractivity contribution in [3.8, 4) is 0 Å². The molecule has 0 spiro atoms. The third-order valence-electron chi connectivity index (χ3n) is 7.95. The summed E-state index contributed by atoms with van der Waals surface area (Å²) in [5, 5.41) is 10.4. The van der Waals surface area contributed by atoms with Crippen LogP contribution in [-0.4, -0.2) is 44.0 Å². The number of halogens is 1. The zero-order chi connectivity index (χ0) is 29.5. The fraction of sp³-hybridized carbons (Fsp3) is 0.273. The van der Waals surface area contributed by atoms with E-state index in [1.807, 2.05) is 47.9 Å². The van der Waals surface area contributed by atoms with E-state index in [4.69, 9.17) is 19.5 Å². The van der Waals surface area contributed by atoms with Crippen LogP contribution in [-0.2, 0) is 29.0 Å². The number of ether oxygens (including phenoxy) is 2. The van der Waals surface area contributed by atoms with Gasteiger partial charge in [-0.05, 0) is 66.9 Å². The van der Waals surface area contributed by atoms with Crippen LogP contribution in [0, 0.1) is 11.7 Å². The summed E-state index contributed by atoms with van der Waals surface area (Å²) in [6.07, 6.45) is 4.01. The first-order chi connectivity index (χ1) is 20.9. The SMILES string of the molecule is CC1CC=C(OCc2nc3ccccc3s2)N=C1c1ccc(Cc2nc3ccc(C(=O)O)cc3n2C[C@@H]2CCO2)cc1F. The van der Waals surface area contributed by atoms with E-state index in [0.29, 0.717) is 55.3 Å². The number of imidazole rings is 1. The number of fused-ring (bicyclic) bond motifs is 2. The zero-order valence-corrected chi connectivity index (χ0v) is 24.3. The first-order valence-electron chi connectivity index (χ1n) is 14.3. The number of hydrogen-bond donors (Lipinski definition) is 1. The minimum atomic E-state index is -0.992. The van der Waals surface area contributed by atoms with Gasteiger partial charge in [0.1, 0.15) is 23.3 Å². The monoisotopic (exact) mass is 596 g/mol. The molecule has 3 aromatic carbocycles. The van der Waals surface area contributed by atoms with Gasteiger partial charge in [0.15, 0.2) is 0 Å². The molecule has 43 heavy (non-hydrogen) atoms. The number of para-hydroxylation sites is 1. The van der Waals surface area contributed by atoms with E-state index < -0.39 is 5.97 Å². The van der Waals surface area contributed by atoms with Crippen LogP contribution in [0.2, 0.25) is 0 Å². The number of aromatic carboxylic acids is 1. The summed E-state index contributed by atoms with van der Waals surface area (Å²) < 4.78 is 30.4. The van der Waals surface area contributed by atoms with Crippen molar-refractivity contribution in [1.82, 2.24) is 14.5 Å². The summed E-state index contributed by atoms with van der Waals surface area (Å²) in [6.45, 7) is 3.61. The Morgan fingerprint density at radius 1 is 1.14 bits per heavy atom. The molecule has 7 rings (SSSR count). The lowest BCUT2D eigenvalue weighted by molar-refractivity contribution is -0.0589. The lowest BCUT2D eigenvalue weighted by Gasteiger charge is -2.27. The molecule has 0 radical (unpaired) electrons. The molecule has 2 atom stereocenters. The summed E-state index contributed by atoms with van der Waals surface area (Å²) in [5.74, 6) is -0.104. The van der Waals surface area contributed by atoms with E-state index in [1.165, 1.54) is 6.07 Å². The van der Waals surface area contributed by atoms with Gasteiger partial charge in [-0.15, -0.1) is 11.3 Å². The minimum absolute atomic E-state index is 0.0326. The van der Waals surface area contributed by atoms with Crippen molar-refractivity contribution in [1.29, 1.82) is 0 Å². The molecule has 1 fully saturated rings. The van der Waals surface area contributed by atoms with Crippen molar-refractivity contribution in [3.05, 3.63) is 106 Å². The summed E-state index contributed by atoms with van der Waals surface area (Å²) >= 11 is 1.59. The number of aliphatic imine (C=N–C) groups is 1. The average Bonchev–Trinajstić information content (AvgIpc) is 3.55. The maximum Gasteiger partial charge on any atom is 0.335 e. The first kappa shape index (κ1) is 27.4. The third-order valence-corrected chi connectivity index (χ3v) is 8.96. The normalized spacial score (nSPS) is 18.4. The van der Waals surface area contributed by atoms with E-state index >= 15 is 4.39 Å². The van der Waals surface area contributed by atoms with Gasteiger partial charge in [-0.3, -0.25) is 0 Å². The van der Waals surface area contributed by atoms with Crippen LogP contribution < -0.4 is 0 Å². The number of rotatable bonds is 9. The van der Waals surface area contributed by atoms with Crippen LogP contribution in [0.4, 0.5) is 4.39 Å². The highest BCUT2D eigenvalue weighted by Crippen LogP contribution is 2.28. The van der Waals surface area contributed by atoms with Crippen LogP contribution in [0.15, 0.2) is 77.6 Å². The van der Waals surface area contributed by atoms with Gasteiger partial charge in [0, 0.05) is 24.5 Å². The van der Waals surface area contributed by atoms with Gasteiger partial charge in [-0.2, -0.15) is 0 Å². The number of carbonyl (C=O) groups is 1. The summed E-state index contributed by atoms with van der Waals surface area (Å²) in [6, 6.07) is 18.1. The van der Waals surface area contributed by atoms with E-state index in [9.17, 15) is 9.90 Å². The lowest BCUT2D eigenvalue weighted by Crippen LogP contribution is -2.31. The van der Waals surface area contributed by atoms with Crippen LogP contribution in [0.1, 0.15) is 52.1 Å². The Bertz CT molecular complexity index is 1890. The molecule has 0 aliphatic carbocycles.